The molecule has 5 heteroatoms. The molecule has 4 rings (SSSR count). The molecule has 1 fully saturated rings. The van der Waals surface area contributed by atoms with Crippen molar-refractivity contribution in [2.45, 2.75) is 19.8 Å². The quantitative estimate of drug-likeness (QED) is 0.765. The summed E-state index contributed by atoms with van der Waals surface area (Å²) in [5.41, 5.74) is 4.22. The van der Waals surface area contributed by atoms with Gasteiger partial charge in [-0.2, -0.15) is 0 Å². The molecule has 1 amide bonds. The molecule has 0 radical (unpaired) electrons. The summed E-state index contributed by atoms with van der Waals surface area (Å²) in [5, 5.41) is 0. The Morgan fingerprint density at radius 3 is 2.53 bits per heavy atom. The highest BCUT2D eigenvalue weighted by atomic mass is 16.5. The minimum absolute atomic E-state index is 0.00686. The van der Waals surface area contributed by atoms with Gasteiger partial charge in [0, 0.05) is 37.6 Å². The summed E-state index contributed by atoms with van der Waals surface area (Å²) in [7, 11) is 3.84. The molecular weight excluding hydrogens is 374 g/mol. The van der Waals surface area contributed by atoms with Crippen LogP contribution in [0.3, 0.4) is 0 Å². The zero-order valence-corrected chi connectivity index (χ0v) is 18.2. The van der Waals surface area contributed by atoms with Gasteiger partial charge in [-0.3, -0.25) is 9.69 Å². The highest BCUT2D eigenvalue weighted by molar-refractivity contribution is 5.98. The van der Waals surface area contributed by atoms with Crippen molar-refractivity contribution in [3.8, 4) is 5.75 Å². The second-order valence-corrected chi connectivity index (χ2v) is 8.33. The molecule has 3 aliphatic heterocycles. The van der Waals surface area contributed by atoms with Gasteiger partial charge in [0.15, 0.2) is 0 Å². The van der Waals surface area contributed by atoms with Crippen LogP contribution < -0.4 is 4.74 Å². The van der Waals surface area contributed by atoms with Gasteiger partial charge in [0.1, 0.15) is 5.75 Å². The summed E-state index contributed by atoms with van der Waals surface area (Å²) in [4.78, 5) is 19.8. The van der Waals surface area contributed by atoms with Gasteiger partial charge < -0.3 is 14.5 Å². The smallest absolute Gasteiger partial charge is 0.255 e. The Labute approximate surface area is 179 Å². The summed E-state index contributed by atoms with van der Waals surface area (Å²) in [6.07, 6.45) is 12.3. The van der Waals surface area contributed by atoms with Crippen molar-refractivity contribution >= 4 is 11.5 Å². The number of fused-ring (bicyclic) bond motifs is 1. The van der Waals surface area contributed by atoms with Crippen molar-refractivity contribution in [2.24, 2.45) is 5.92 Å². The first-order chi connectivity index (χ1) is 14.5. The first kappa shape index (κ1) is 20.5. The standard InChI is InChI=1S/C25H31N3O2/c1-19-5-8-21-9-10-22(27-14-4-13-26(2)15-16-27)18-28(21)25(29)17-24(19)20-6-11-23(30-3)12-7-20/h6-12,17-19H,4-5,13-16H2,1-3H3. The number of benzene rings is 1. The number of hydrogen-bond donors (Lipinski definition) is 0. The van der Waals surface area contributed by atoms with Gasteiger partial charge in [0.2, 0.25) is 0 Å². The molecule has 0 aliphatic carbocycles. The van der Waals surface area contributed by atoms with E-state index in [4.69, 9.17) is 4.74 Å². The van der Waals surface area contributed by atoms with Crippen LogP contribution >= 0.6 is 0 Å². The molecule has 30 heavy (non-hydrogen) atoms. The van der Waals surface area contributed by atoms with E-state index in [1.165, 1.54) is 0 Å². The Bertz CT molecular complexity index is 911. The Morgan fingerprint density at radius 1 is 1.00 bits per heavy atom. The minimum Gasteiger partial charge on any atom is -0.497 e. The summed E-state index contributed by atoms with van der Waals surface area (Å²) in [6.45, 7) is 6.34. The monoisotopic (exact) mass is 405 g/mol. The molecule has 0 bridgehead atoms. The maximum absolute atomic E-state index is 13.3. The first-order valence-corrected chi connectivity index (χ1v) is 10.8. The largest absolute Gasteiger partial charge is 0.497 e. The Morgan fingerprint density at radius 2 is 1.77 bits per heavy atom. The van der Waals surface area contributed by atoms with Crippen LogP contribution in [0.15, 0.2) is 66.2 Å². The summed E-state index contributed by atoms with van der Waals surface area (Å²) in [6, 6.07) is 7.97. The maximum Gasteiger partial charge on any atom is 0.255 e. The van der Waals surface area contributed by atoms with Crippen LogP contribution in [0.2, 0.25) is 0 Å². The van der Waals surface area contributed by atoms with Gasteiger partial charge in [0.05, 0.1) is 12.8 Å². The Kier molecular flexibility index (Phi) is 6.09. The van der Waals surface area contributed by atoms with E-state index in [9.17, 15) is 4.79 Å². The fourth-order valence-corrected chi connectivity index (χ4v) is 4.27. The molecule has 1 aromatic rings. The third-order valence-electron chi connectivity index (χ3n) is 6.20. The maximum atomic E-state index is 13.3. The van der Waals surface area contributed by atoms with Crippen LogP contribution in [0.1, 0.15) is 25.3 Å². The molecule has 0 spiro atoms. The van der Waals surface area contributed by atoms with Gasteiger partial charge in [-0.25, -0.2) is 0 Å². The van der Waals surface area contributed by atoms with Gasteiger partial charge in [-0.1, -0.05) is 25.1 Å². The molecule has 3 aliphatic rings. The van der Waals surface area contributed by atoms with E-state index >= 15 is 0 Å². The molecule has 1 saturated heterocycles. The van der Waals surface area contributed by atoms with Crippen molar-refractivity contribution in [2.75, 3.05) is 40.3 Å². The number of ether oxygens (including phenoxy) is 1. The van der Waals surface area contributed by atoms with Crippen LogP contribution in [0.4, 0.5) is 0 Å². The summed E-state index contributed by atoms with van der Waals surface area (Å²) < 4.78 is 5.28. The molecule has 3 heterocycles. The van der Waals surface area contributed by atoms with E-state index in [1.807, 2.05) is 36.5 Å². The molecule has 158 valence electrons. The van der Waals surface area contributed by atoms with E-state index in [0.29, 0.717) is 0 Å². The molecule has 1 aromatic carbocycles. The van der Waals surface area contributed by atoms with Crippen LogP contribution in [0.5, 0.6) is 5.75 Å². The van der Waals surface area contributed by atoms with E-state index in [1.54, 1.807) is 12.0 Å². The predicted molar refractivity (Wildman–Crippen MR) is 121 cm³/mol. The van der Waals surface area contributed by atoms with E-state index < -0.39 is 0 Å². The van der Waals surface area contributed by atoms with Crippen LogP contribution in [-0.2, 0) is 4.79 Å². The molecule has 5 nitrogen and oxygen atoms in total. The van der Waals surface area contributed by atoms with E-state index in [0.717, 1.165) is 67.3 Å². The Hall–Kier alpha value is -2.79. The second kappa shape index (κ2) is 8.92. The molecular formula is C25H31N3O2. The van der Waals surface area contributed by atoms with Crippen molar-refractivity contribution < 1.29 is 9.53 Å². The van der Waals surface area contributed by atoms with E-state index in [-0.39, 0.29) is 11.8 Å². The number of carbonyl (C=O) groups excluding carboxylic acids is 1. The number of nitrogens with zero attached hydrogens (tertiary/aromatic N) is 3. The molecule has 0 saturated carbocycles. The van der Waals surface area contributed by atoms with Gasteiger partial charge in [-0.15, -0.1) is 0 Å². The highest BCUT2D eigenvalue weighted by Crippen LogP contribution is 2.32. The predicted octanol–water partition coefficient (Wildman–Crippen LogP) is 3.88. The average molecular weight is 406 g/mol. The average Bonchev–Trinajstić information content (AvgIpc) is 2.99. The zero-order valence-electron chi connectivity index (χ0n) is 18.2. The highest BCUT2D eigenvalue weighted by Gasteiger charge is 2.24. The number of allylic oxidation sites excluding steroid dienone is 4. The second-order valence-electron chi connectivity index (χ2n) is 8.33. The number of likely N-dealkylation sites (N-methyl/N-ethyl adjacent to an activating group) is 1. The third-order valence-corrected chi connectivity index (χ3v) is 6.20. The van der Waals surface area contributed by atoms with Gasteiger partial charge in [-0.05, 0) is 67.8 Å². The zero-order chi connectivity index (χ0) is 21.1. The lowest BCUT2D eigenvalue weighted by Crippen LogP contribution is -2.33. The summed E-state index contributed by atoms with van der Waals surface area (Å²) in [5.74, 6) is 1.09. The van der Waals surface area contributed by atoms with Crippen LogP contribution in [-0.4, -0.2) is 60.9 Å². The number of carbonyl (C=O) groups is 1. The SMILES string of the molecule is COc1ccc(C2=CC(=O)N3C=C(N4CCCN(C)CC4)C=CC3=CCC2C)cc1. The third kappa shape index (κ3) is 4.36. The lowest BCUT2D eigenvalue weighted by molar-refractivity contribution is -0.122. The Balaban J connectivity index is 1.61. The topological polar surface area (TPSA) is 36.0 Å². The van der Waals surface area contributed by atoms with Crippen LogP contribution in [0.25, 0.3) is 5.57 Å². The fourth-order valence-electron chi connectivity index (χ4n) is 4.27. The van der Waals surface area contributed by atoms with Crippen molar-refractivity contribution in [1.82, 2.24) is 14.7 Å². The molecule has 1 atom stereocenters. The molecule has 1 unspecified atom stereocenters. The number of rotatable bonds is 3. The molecule has 0 aromatic heterocycles. The number of hydrogen-bond acceptors (Lipinski definition) is 4. The van der Waals surface area contributed by atoms with Gasteiger partial charge in [0.25, 0.3) is 5.91 Å². The van der Waals surface area contributed by atoms with Crippen molar-refractivity contribution in [1.29, 1.82) is 0 Å². The summed E-state index contributed by atoms with van der Waals surface area (Å²) >= 11 is 0. The van der Waals surface area contributed by atoms with Crippen LogP contribution in [0, 0.1) is 5.92 Å². The minimum atomic E-state index is 0.00686. The van der Waals surface area contributed by atoms with E-state index in [2.05, 4.69) is 42.0 Å². The lowest BCUT2D eigenvalue weighted by Gasteiger charge is -2.31. The number of amides is 1. The van der Waals surface area contributed by atoms with Crippen molar-refractivity contribution in [3.63, 3.8) is 0 Å². The first-order valence-electron chi connectivity index (χ1n) is 10.8. The lowest BCUT2D eigenvalue weighted by atomic mass is 9.89. The molecule has 0 N–H and O–H groups in total. The fraction of sp³-hybridized carbons (Fsp3) is 0.400. The normalized spacial score (nSPS) is 23.0. The van der Waals surface area contributed by atoms with Gasteiger partial charge >= 0.3 is 0 Å². The van der Waals surface area contributed by atoms with Crippen molar-refractivity contribution in [3.05, 3.63) is 71.7 Å². The number of methoxy groups -OCH3 is 1.